The van der Waals surface area contributed by atoms with Gasteiger partial charge in [0.05, 0.1) is 10.0 Å². The van der Waals surface area contributed by atoms with Crippen molar-refractivity contribution in [3.05, 3.63) is 28.2 Å². The quantitative estimate of drug-likeness (QED) is 0.720. The summed E-state index contributed by atoms with van der Waals surface area (Å²) in [6.07, 6.45) is 3.76. The van der Waals surface area contributed by atoms with Crippen LogP contribution >= 0.6 is 23.2 Å². The van der Waals surface area contributed by atoms with E-state index in [0.717, 1.165) is 18.8 Å². The Hall–Kier alpha value is -0.440. The minimum atomic E-state index is 0.528. The Labute approximate surface area is 113 Å². The Morgan fingerprint density at radius 1 is 1.12 bits per heavy atom. The summed E-state index contributed by atoms with van der Waals surface area (Å²) in [5, 5.41) is 4.41. The lowest BCUT2D eigenvalue weighted by Crippen LogP contribution is -2.22. The van der Waals surface area contributed by atoms with Crippen LogP contribution in [0.4, 0.5) is 0 Å². The van der Waals surface area contributed by atoms with Crippen LogP contribution < -0.4 is 10.1 Å². The van der Waals surface area contributed by atoms with E-state index in [-0.39, 0.29) is 0 Å². The molecule has 0 heterocycles. The minimum Gasteiger partial charge on any atom is -0.492 e. The van der Waals surface area contributed by atoms with Crippen molar-refractivity contribution < 1.29 is 4.74 Å². The second-order valence-corrected chi connectivity index (χ2v) is 4.70. The first-order valence-corrected chi connectivity index (χ1v) is 6.78. The number of ether oxygens (including phenoxy) is 1. The molecule has 0 fully saturated rings. The first kappa shape index (κ1) is 14.6. The standard InChI is InChI=1S/C13H19Cl2NO/c1-2-3-4-7-16-8-9-17-11-5-6-12(14)13(15)10-11/h5-6,10,16H,2-4,7-9H2,1H3. The first-order valence-electron chi connectivity index (χ1n) is 6.02. The van der Waals surface area contributed by atoms with Crippen LogP contribution in [0.3, 0.4) is 0 Å². The van der Waals surface area contributed by atoms with Crippen molar-refractivity contribution in [2.75, 3.05) is 19.7 Å². The summed E-state index contributed by atoms with van der Waals surface area (Å²) in [4.78, 5) is 0. The van der Waals surface area contributed by atoms with E-state index in [4.69, 9.17) is 27.9 Å². The fourth-order valence-corrected chi connectivity index (χ4v) is 1.72. The molecule has 2 nitrogen and oxygen atoms in total. The molecule has 4 heteroatoms. The van der Waals surface area contributed by atoms with E-state index < -0.39 is 0 Å². The van der Waals surface area contributed by atoms with Gasteiger partial charge in [-0.25, -0.2) is 0 Å². The fraction of sp³-hybridized carbons (Fsp3) is 0.538. The highest BCUT2D eigenvalue weighted by Gasteiger charge is 1.99. The maximum absolute atomic E-state index is 5.88. The predicted molar refractivity (Wildman–Crippen MR) is 74.4 cm³/mol. The van der Waals surface area contributed by atoms with Crippen LogP contribution in [0, 0.1) is 0 Å². The highest BCUT2D eigenvalue weighted by Crippen LogP contribution is 2.26. The molecule has 0 saturated heterocycles. The van der Waals surface area contributed by atoms with Crippen molar-refractivity contribution in [2.24, 2.45) is 0 Å². The molecule has 0 spiro atoms. The van der Waals surface area contributed by atoms with Gasteiger partial charge in [0.2, 0.25) is 0 Å². The number of rotatable bonds is 8. The zero-order chi connectivity index (χ0) is 12.5. The molecule has 1 rings (SSSR count). The van der Waals surface area contributed by atoms with Gasteiger partial charge in [-0.1, -0.05) is 43.0 Å². The molecule has 0 amide bonds. The molecule has 17 heavy (non-hydrogen) atoms. The van der Waals surface area contributed by atoms with Crippen molar-refractivity contribution in [1.82, 2.24) is 5.32 Å². The summed E-state index contributed by atoms with van der Waals surface area (Å²) < 4.78 is 5.54. The smallest absolute Gasteiger partial charge is 0.120 e. The lowest BCUT2D eigenvalue weighted by Gasteiger charge is -2.08. The van der Waals surface area contributed by atoms with Gasteiger partial charge in [0, 0.05) is 12.6 Å². The van der Waals surface area contributed by atoms with Crippen LogP contribution in [-0.4, -0.2) is 19.7 Å². The third-order valence-corrected chi connectivity index (χ3v) is 3.13. The van der Waals surface area contributed by atoms with Crippen LogP contribution in [-0.2, 0) is 0 Å². The maximum Gasteiger partial charge on any atom is 0.120 e. The van der Waals surface area contributed by atoms with Gasteiger partial charge in [0.25, 0.3) is 0 Å². The van der Waals surface area contributed by atoms with E-state index in [2.05, 4.69) is 12.2 Å². The van der Waals surface area contributed by atoms with Gasteiger partial charge in [0.1, 0.15) is 12.4 Å². The van der Waals surface area contributed by atoms with Gasteiger partial charge in [-0.3, -0.25) is 0 Å². The van der Waals surface area contributed by atoms with Crippen molar-refractivity contribution in [2.45, 2.75) is 26.2 Å². The van der Waals surface area contributed by atoms with Crippen LogP contribution in [0.2, 0.25) is 10.0 Å². The Balaban J connectivity index is 2.11. The Morgan fingerprint density at radius 2 is 1.94 bits per heavy atom. The van der Waals surface area contributed by atoms with Crippen LogP contribution in [0.5, 0.6) is 5.75 Å². The Morgan fingerprint density at radius 3 is 2.65 bits per heavy atom. The van der Waals surface area contributed by atoms with E-state index in [1.165, 1.54) is 19.3 Å². The summed E-state index contributed by atoms with van der Waals surface area (Å²) in [5.41, 5.74) is 0. The monoisotopic (exact) mass is 275 g/mol. The minimum absolute atomic E-state index is 0.528. The molecular formula is C13H19Cl2NO. The van der Waals surface area contributed by atoms with E-state index in [1.807, 2.05) is 6.07 Å². The molecule has 96 valence electrons. The second-order valence-electron chi connectivity index (χ2n) is 3.88. The van der Waals surface area contributed by atoms with Crippen molar-refractivity contribution in [3.8, 4) is 5.75 Å². The molecule has 0 bridgehead atoms. The summed E-state index contributed by atoms with van der Waals surface area (Å²) in [6, 6.07) is 5.31. The predicted octanol–water partition coefficient (Wildman–Crippen LogP) is 4.15. The Bertz CT molecular complexity index is 331. The number of unbranched alkanes of at least 4 members (excludes halogenated alkanes) is 2. The summed E-state index contributed by atoms with van der Waals surface area (Å²) >= 11 is 11.7. The summed E-state index contributed by atoms with van der Waals surface area (Å²) in [7, 11) is 0. The molecule has 0 saturated carbocycles. The lowest BCUT2D eigenvalue weighted by atomic mass is 10.2. The summed E-state index contributed by atoms with van der Waals surface area (Å²) in [6.45, 7) is 4.75. The number of benzene rings is 1. The molecule has 0 aromatic heterocycles. The molecular weight excluding hydrogens is 257 g/mol. The fourth-order valence-electron chi connectivity index (χ4n) is 1.43. The van der Waals surface area contributed by atoms with Crippen molar-refractivity contribution >= 4 is 23.2 Å². The van der Waals surface area contributed by atoms with Gasteiger partial charge in [-0.2, -0.15) is 0 Å². The van der Waals surface area contributed by atoms with E-state index in [9.17, 15) is 0 Å². The van der Waals surface area contributed by atoms with Gasteiger partial charge >= 0.3 is 0 Å². The van der Waals surface area contributed by atoms with Crippen LogP contribution in [0.15, 0.2) is 18.2 Å². The van der Waals surface area contributed by atoms with Gasteiger partial charge in [-0.05, 0) is 25.1 Å². The number of nitrogens with one attached hydrogen (secondary N) is 1. The van der Waals surface area contributed by atoms with Gasteiger partial charge in [-0.15, -0.1) is 0 Å². The highest BCUT2D eigenvalue weighted by atomic mass is 35.5. The van der Waals surface area contributed by atoms with Crippen molar-refractivity contribution in [3.63, 3.8) is 0 Å². The van der Waals surface area contributed by atoms with Crippen molar-refractivity contribution in [1.29, 1.82) is 0 Å². The lowest BCUT2D eigenvalue weighted by molar-refractivity contribution is 0.313. The SMILES string of the molecule is CCCCCNCCOc1ccc(Cl)c(Cl)c1. The number of hydrogen-bond donors (Lipinski definition) is 1. The molecule has 0 aliphatic carbocycles. The molecule has 0 aliphatic rings. The van der Waals surface area contributed by atoms with E-state index in [1.54, 1.807) is 12.1 Å². The third kappa shape index (κ3) is 6.16. The average Bonchev–Trinajstić information content (AvgIpc) is 2.32. The largest absolute Gasteiger partial charge is 0.492 e. The normalized spacial score (nSPS) is 10.5. The third-order valence-electron chi connectivity index (χ3n) is 2.40. The van der Waals surface area contributed by atoms with Gasteiger partial charge in [0.15, 0.2) is 0 Å². The maximum atomic E-state index is 5.88. The zero-order valence-corrected chi connectivity index (χ0v) is 11.7. The molecule has 0 unspecified atom stereocenters. The molecule has 0 atom stereocenters. The number of halogens is 2. The summed E-state index contributed by atoms with van der Waals surface area (Å²) in [5.74, 6) is 0.759. The molecule has 0 radical (unpaired) electrons. The van der Waals surface area contributed by atoms with Crippen LogP contribution in [0.1, 0.15) is 26.2 Å². The first-order chi connectivity index (χ1) is 8.24. The average molecular weight is 276 g/mol. The molecule has 1 aromatic carbocycles. The number of hydrogen-bond acceptors (Lipinski definition) is 2. The zero-order valence-electron chi connectivity index (χ0n) is 10.1. The van der Waals surface area contributed by atoms with E-state index in [0.29, 0.717) is 16.7 Å². The second kappa shape index (κ2) is 8.62. The molecule has 1 N–H and O–H groups in total. The Kier molecular flexibility index (Phi) is 7.41. The topological polar surface area (TPSA) is 21.3 Å². The van der Waals surface area contributed by atoms with Gasteiger partial charge < -0.3 is 10.1 Å². The molecule has 1 aromatic rings. The van der Waals surface area contributed by atoms with Crippen LogP contribution in [0.25, 0.3) is 0 Å². The van der Waals surface area contributed by atoms with E-state index >= 15 is 0 Å². The molecule has 0 aliphatic heterocycles. The highest BCUT2D eigenvalue weighted by molar-refractivity contribution is 6.42.